The van der Waals surface area contributed by atoms with Crippen LogP contribution in [0.3, 0.4) is 0 Å². The second-order valence-electron chi connectivity index (χ2n) is 8.03. The van der Waals surface area contributed by atoms with Crippen molar-refractivity contribution in [2.45, 2.75) is 109 Å². The Kier molecular flexibility index (Phi) is 18.9. The SMILES string of the molecule is CCCCCCCCCC(CCCCCCC)COS(=O)(=O)c1ccccc1.[Na]. The molecule has 0 saturated carbocycles. The summed E-state index contributed by atoms with van der Waals surface area (Å²) in [6.07, 6.45) is 17.4. The first-order chi connectivity index (χ1) is 13.6. The molecule has 0 aliphatic heterocycles. The molecule has 0 saturated heterocycles. The predicted octanol–water partition coefficient (Wildman–Crippen LogP) is 7.13. The average Bonchev–Trinajstić information content (AvgIpc) is 2.71. The van der Waals surface area contributed by atoms with Crippen molar-refractivity contribution >= 4 is 39.7 Å². The van der Waals surface area contributed by atoms with E-state index in [0.29, 0.717) is 12.5 Å². The van der Waals surface area contributed by atoms with Crippen LogP contribution in [0, 0.1) is 5.92 Å². The van der Waals surface area contributed by atoms with Gasteiger partial charge in [-0.25, -0.2) is 0 Å². The van der Waals surface area contributed by atoms with Gasteiger partial charge in [-0.2, -0.15) is 8.42 Å². The molecule has 1 rings (SSSR count). The molecule has 5 heteroatoms. The topological polar surface area (TPSA) is 43.4 Å². The van der Waals surface area contributed by atoms with Crippen molar-refractivity contribution in [1.82, 2.24) is 0 Å². The van der Waals surface area contributed by atoms with Crippen molar-refractivity contribution in [3.05, 3.63) is 30.3 Å². The molecule has 1 atom stereocenters. The van der Waals surface area contributed by atoms with E-state index < -0.39 is 10.1 Å². The molecule has 0 fully saturated rings. The van der Waals surface area contributed by atoms with Gasteiger partial charge >= 0.3 is 0 Å². The van der Waals surface area contributed by atoms with Crippen molar-refractivity contribution < 1.29 is 12.6 Å². The molecule has 1 aromatic carbocycles. The van der Waals surface area contributed by atoms with E-state index >= 15 is 0 Å². The van der Waals surface area contributed by atoms with Crippen LogP contribution < -0.4 is 0 Å². The third kappa shape index (κ3) is 14.7. The fourth-order valence-electron chi connectivity index (χ4n) is 3.58. The molecule has 163 valence electrons. The standard InChI is InChI=1S/C24H42O3S.Na/c1-3-5-7-9-10-12-15-19-23(18-14-11-8-6-4-2)22-27-28(25,26)24-20-16-13-17-21-24;/h13,16-17,20-21,23H,3-12,14-15,18-19,22H2,1-2H3;. The zero-order valence-corrected chi connectivity index (χ0v) is 22.0. The smallest absolute Gasteiger partial charge is 0.266 e. The molecular weight excluding hydrogens is 391 g/mol. The Morgan fingerprint density at radius 1 is 0.724 bits per heavy atom. The van der Waals surface area contributed by atoms with E-state index in [1.807, 2.05) is 6.07 Å². The number of hydrogen-bond donors (Lipinski definition) is 0. The van der Waals surface area contributed by atoms with Crippen molar-refractivity contribution in [2.24, 2.45) is 5.92 Å². The van der Waals surface area contributed by atoms with Gasteiger partial charge in [-0.1, -0.05) is 109 Å². The van der Waals surface area contributed by atoms with Crippen LogP contribution in [0.5, 0.6) is 0 Å². The first-order valence-corrected chi connectivity index (χ1v) is 13.0. The zero-order valence-electron chi connectivity index (χ0n) is 19.2. The molecule has 0 N–H and O–H groups in total. The van der Waals surface area contributed by atoms with Crippen LogP contribution in [0.4, 0.5) is 0 Å². The van der Waals surface area contributed by atoms with E-state index in [0.717, 1.165) is 12.8 Å². The van der Waals surface area contributed by atoms with Crippen LogP contribution in [0.2, 0.25) is 0 Å². The van der Waals surface area contributed by atoms with Gasteiger partial charge in [0.05, 0.1) is 11.5 Å². The average molecular weight is 434 g/mol. The van der Waals surface area contributed by atoms with Crippen LogP contribution in [0.25, 0.3) is 0 Å². The van der Waals surface area contributed by atoms with E-state index in [2.05, 4.69) is 13.8 Å². The molecule has 0 spiro atoms. The first-order valence-electron chi connectivity index (χ1n) is 11.5. The first kappa shape index (κ1) is 29.1. The number of benzene rings is 1. The molecule has 3 nitrogen and oxygen atoms in total. The summed E-state index contributed by atoms with van der Waals surface area (Å²) in [5, 5.41) is 0. The van der Waals surface area contributed by atoms with Gasteiger partial charge in [-0.05, 0) is 30.9 Å². The summed E-state index contributed by atoms with van der Waals surface area (Å²) in [4.78, 5) is 0.257. The molecule has 0 aromatic heterocycles. The van der Waals surface area contributed by atoms with Gasteiger partial charge in [-0.15, -0.1) is 0 Å². The maximum absolute atomic E-state index is 12.4. The molecule has 0 bridgehead atoms. The fourth-order valence-corrected chi connectivity index (χ4v) is 4.58. The summed E-state index contributed by atoms with van der Waals surface area (Å²) in [6, 6.07) is 8.50. The molecular formula is C24H42NaO3S. The van der Waals surface area contributed by atoms with E-state index in [1.165, 1.54) is 77.0 Å². The van der Waals surface area contributed by atoms with Gasteiger partial charge in [0.2, 0.25) is 0 Å². The van der Waals surface area contributed by atoms with E-state index in [9.17, 15) is 8.42 Å². The number of hydrogen-bond acceptors (Lipinski definition) is 3. The van der Waals surface area contributed by atoms with E-state index in [-0.39, 0.29) is 34.5 Å². The van der Waals surface area contributed by atoms with Crippen molar-refractivity contribution in [3.63, 3.8) is 0 Å². The summed E-state index contributed by atoms with van der Waals surface area (Å²) in [7, 11) is -3.64. The van der Waals surface area contributed by atoms with Crippen molar-refractivity contribution in [3.8, 4) is 0 Å². The van der Waals surface area contributed by atoms with Gasteiger partial charge in [0.1, 0.15) is 0 Å². The number of unbranched alkanes of at least 4 members (excludes halogenated alkanes) is 10. The second kappa shape index (κ2) is 18.9. The van der Waals surface area contributed by atoms with Crippen LogP contribution in [-0.2, 0) is 14.3 Å². The summed E-state index contributed by atoms with van der Waals surface area (Å²) >= 11 is 0. The summed E-state index contributed by atoms with van der Waals surface area (Å²) in [6.45, 7) is 4.79. The van der Waals surface area contributed by atoms with Crippen molar-refractivity contribution in [2.75, 3.05) is 6.61 Å². The maximum atomic E-state index is 12.4. The predicted molar refractivity (Wildman–Crippen MR) is 125 cm³/mol. The van der Waals surface area contributed by atoms with Crippen LogP contribution in [0.1, 0.15) is 104 Å². The molecule has 1 aromatic rings. The Bertz CT molecular complexity index is 575. The zero-order chi connectivity index (χ0) is 20.5. The molecule has 0 amide bonds. The van der Waals surface area contributed by atoms with Crippen LogP contribution >= 0.6 is 0 Å². The third-order valence-corrected chi connectivity index (χ3v) is 6.72. The molecule has 1 radical (unpaired) electrons. The minimum atomic E-state index is -3.64. The Labute approximate surface area is 202 Å². The molecule has 0 heterocycles. The Hall–Kier alpha value is 0.130. The second-order valence-corrected chi connectivity index (χ2v) is 9.65. The van der Waals surface area contributed by atoms with Gasteiger partial charge < -0.3 is 0 Å². The van der Waals surface area contributed by atoms with Gasteiger partial charge in [0.15, 0.2) is 0 Å². The molecule has 0 aliphatic carbocycles. The molecule has 0 aliphatic rings. The van der Waals surface area contributed by atoms with E-state index in [1.54, 1.807) is 24.3 Å². The molecule has 1 unspecified atom stereocenters. The Morgan fingerprint density at radius 3 is 1.66 bits per heavy atom. The van der Waals surface area contributed by atoms with Gasteiger partial charge in [-0.3, -0.25) is 4.18 Å². The summed E-state index contributed by atoms with van der Waals surface area (Å²) in [5.41, 5.74) is 0. The van der Waals surface area contributed by atoms with Crippen LogP contribution in [-0.4, -0.2) is 44.6 Å². The van der Waals surface area contributed by atoms with Crippen molar-refractivity contribution in [1.29, 1.82) is 0 Å². The Morgan fingerprint density at radius 2 is 1.17 bits per heavy atom. The number of rotatable bonds is 18. The van der Waals surface area contributed by atoms with E-state index in [4.69, 9.17) is 4.18 Å². The van der Waals surface area contributed by atoms with Gasteiger partial charge in [0, 0.05) is 29.6 Å². The minimum absolute atomic E-state index is 0. The summed E-state index contributed by atoms with van der Waals surface area (Å²) in [5.74, 6) is 0.343. The summed E-state index contributed by atoms with van der Waals surface area (Å²) < 4.78 is 30.3. The Balaban J connectivity index is 0.00000784. The fraction of sp³-hybridized carbons (Fsp3) is 0.750. The monoisotopic (exact) mass is 433 g/mol. The largest absolute Gasteiger partial charge is 0.296 e. The van der Waals surface area contributed by atoms with Gasteiger partial charge in [0.25, 0.3) is 10.1 Å². The quantitative estimate of drug-likeness (QED) is 0.140. The minimum Gasteiger partial charge on any atom is -0.266 e. The molecule has 29 heavy (non-hydrogen) atoms. The maximum Gasteiger partial charge on any atom is 0.296 e. The van der Waals surface area contributed by atoms with Crippen LogP contribution in [0.15, 0.2) is 35.2 Å². The normalized spacial score (nSPS) is 12.5. The third-order valence-electron chi connectivity index (χ3n) is 5.42.